The Bertz CT molecular complexity index is 757. The van der Waals surface area contributed by atoms with Crippen LogP contribution in [0.15, 0.2) is 42.5 Å². The number of hydrogen-bond acceptors (Lipinski definition) is 0. The number of benzene rings is 2. The third-order valence-electron chi connectivity index (χ3n) is 8.85. The molecule has 4 aliphatic rings. The molecule has 0 aliphatic heterocycles. The van der Waals surface area contributed by atoms with Gasteiger partial charge in [0, 0.05) is 7.92 Å². The molecule has 0 bridgehead atoms. The first-order valence-corrected chi connectivity index (χ1v) is 15.6. The molecule has 3 saturated carbocycles. The van der Waals surface area contributed by atoms with E-state index in [1.165, 1.54) is 39.2 Å². The quantitative estimate of drug-likeness (QED) is 0.183. The van der Waals surface area contributed by atoms with Crippen molar-refractivity contribution in [1.82, 2.24) is 0 Å². The molecule has 4 aliphatic carbocycles. The third-order valence-corrected chi connectivity index (χ3v) is 13.4. The molecule has 0 spiro atoms. The van der Waals surface area contributed by atoms with Crippen molar-refractivity contribution < 1.29 is 16.5 Å². The van der Waals surface area contributed by atoms with Gasteiger partial charge < -0.3 is 7.43 Å². The Morgan fingerprint density at radius 1 is 0.588 bits per heavy atom. The van der Waals surface area contributed by atoms with E-state index >= 15 is 0 Å². The van der Waals surface area contributed by atoms with Crippen LogP contribution in [-0.2, 0) is 22.9 Å². The molecule has 0 unspecified atom stereocenters. The summed E-state index contributed by atoms with van der Waals surface area (Å²) in [5, 5.41) is 0. The Balaban J connectivity index is 0.000000190. The van der Waals surface area contributed by atoms with Gasteiger partial charge in [-0.2, -0.15) is 29.8 Å². The molecule has 0 atom stereocenters. The first-order chi connectivity index (χ1) is 15.9. The molecule has 0 aromatic heterocycles. The van der Waals surface area contributed by atoms with Crippen molar-refractivity contribution in [2.24, 2.45) is 0 Å². The Morgan fingerprint density at radius 3 is 1.59 bits per heavy atom. The minimum atomic E-state index is -0.0465. The summed E-state index contributed by atoms with van der Waals surface area (Å²) in [6, 6.07) is 18.1. The summed E-state index contributed by atoms with van der Waals surface area (Å²) in [4.78, 5) is 0. The average Bonchev–Trinajstić information content (AvgIpc) is 3.26. The topological polar surface area (TPSA) is 0 Å². The van der Waals surface area contributed by atoms with Crippen molar-refractivity contribution in [3.8, 4) is 11.1 Å². The smallest absolute Gasteiger partial charge is 0.358 e. The van der Waals surface area contributed by atoms with Gasteiger partial charge in [0.1, 0.15) is 0 Å². The van der Waals surface area contributed by atoms with Crippen LogP contribution in [-0.4, -0.2) is 17.0 Å². The molecule has 0 nitrogen and oxygen atoms in total. The van der Waals surface area contributed by atoms with Gasteiger partial charge in [0.05, 0.1) is 17.0 Å². The number of rotatable bonds is 3. The molecule has 2 heteroatoms. The molecule has 0 radical (unpaired) electrons. The van der Waals surface area contributed by atoms with Crippen LogP contribution in [0.25, 0.3) is 11.1 Å². The predicted molar refractivity (Wildman–Crippen MR) is 149 cm³/mol. The van der Waals surface area contributed by atoms with Gasteiger partial charge in [-0.1, -0.05) is 54.7 Å². The van der Waals surface area contributed by atoms with E-state index in [4.69, 9.17) is 0 Å². The van der Waals surface area contributed by atoms with Crippen LogP contribution in [0.1, 0.15) is 107 Å². The Hall–Kier alpha value is -0.636. The second-order valence-electron chi connectivity index (χ2n) is 10.9. The largest absolute Gasteiger partial charge is 2.00 e. The van der Waals surface area contributed by atoms with E-state index in [2.05, 4.69) is 42.5 Å². The number of fused-ring (bicyclic) bond motifs is 3. The van der Waals surface area contributed by atoms with Crippen molar-refractivity contribution in [3.05, 3.63) is 67.1 Å². The van der Waals surface area contributed by atoms with Gasteiger partial charge in [-0.15, -0.1) is 5.56 Å². The van der Waals surface area contributed by atoms with Crippen molar-refractivity contribution in [1.29, 1.82) is 0 Å². The van der Waals surface area contributed by atoms with E-state index in [1.54, 1.807) is 96.3 Å². The predicted octanol–water partition coefficient (Wildman–Crippen LogP) is 9.70. The maximum absolute atomic E-state index is 3.30. The van der Waals surface area contributed by atoms with Crippen molar-refractivity contribution in [2.75, 3.05) is 0 Å². The van der Waals surface area contributed by atoms with Crippen LogP contribution in [0.2, 0.25) is 0 Å². The summed E-state index contributed by atoms with van der Waals surface area (Å²) in [6.07, 6.45) is 24.8. The fourth-order valence-corrected chi connectivity index (χ4v) is 12.5. The molecule has 3 fully saturated rings. The van der Waals surface area contributed by atoms with Crippen LogP contribution < -0.4 is 0 Å². The van der Waals surface area contributed by atoms with Crippen LogP contribution in [0.5, 0.6) is 0 Å². The summed E-state index contributed by atoms with van der Waals surface area (Å²) in [5.74, 6) is 0. The fraction of sp³-hybridized carbons (Fsp3) is 0.594. The minimum Gasteiger partial charge on any atom is -0.358 e. The maximum Gasteiger partial charge on any atom is 2.00 e. The molecular weight excluding hydrogens is 474 g/mol. The molecule has 0 heterocycles. The molecule has 34 heavy (non-hydrogen) atoms. The van der Waals surface area contributed by atoms with E-state index in [0.29, 0.717) is 0 Å². The van der Waals surface area contributed by atoms with Gasteiger partial charge in [0.15, 0.2) is 0 Å². The van der Waals surface area contributed by atoms with Crippen LogP contribution >= 0.6 is 7.92 Å². The minimum absolute atomic E-state index is 0. The zero-order chi connectivity index (χ0) is 21.6. The average molecular weight is 520 g/mol. The van der Waals surface area contributed by atoms with Crippen molar-refractivity contribution in [3.63, 3.8) is 0 Å². The second-order valence-corrected chi connectivity index (χ2v) is 14.4. The Labute approximate surface area is 221 Å². The van der Waals surface area contributed by atoms with Gasteiger partial charge in [-0.25, -0.2) is 0 Å². The van der Waals surface area contributed by atoms with Crippen molar-refractivity contribution >= 4 is 7.92 Å². The summed E-state index contributed by atoms with van der Waals surface area (Å²) < 4.78 is 0. The standard InChI is InChI=1S/C18H33P.C13H9.CH3.Ni/c1-4-10-16(11-5-1)19(17-12-6-2-7-13-17)18-14-8-3-9-15-18;1-3-7-12-10(5-1)9-11-6-2-4-8-13(11)12;;/h16-18H,1-15H2;1-5,7-8H,9H2;1H3;/q;2*-1;+2/p+1. The van der Waals surface area contributed by atoms with Crippen LogP contribution in [0.4, 0.5) is 0 Å². The van der Waals surface area contributed by atoms with Gasteiger partial charge in [-0.3, -0.25) is 0 Å². The summed E-state index contributed by atoms with van der Waals surface area (Å²) >= 11 is 0. The molecular formula is C32H46NiP+. The third kappa shape index (κ3) is 6.77. The second kappa shape index (κ2) is 14.2. The Morgan fingerprint density at radius 2 is 1.06 bits per heavy atom. The fourth-order valence-electron chi connectivity index (χ4n) is 7.31. The first-order valence-electron chi connectivity index (χ1n) is 13.8. The zero-order valence-corrected chi connectivity index (χ0v) is 23.4. The molecule has 0 amide bonds. The van der Waals surface area contributed by atoms with E-state index in [1.807, 2.05) is 6.07 Å². The van der Waals surface area contributed by atoms with Gasteiger partial charge in [-0.05, 0) is 83.5 Å². The van der Waals surface area contributed by atoms with Gasteiger partial charge in [0.2, 0.25) is 0 Å². The van der Waals surface area contributed by atoms with Gasteiger partial charge >= 0.3 is 16.5 Å². The number of hydrogen-bond donors (Lipinski definition) is 0. The van der Waals surface area contributed by atoms with E-state index < -0.39 is 0 Å². The van der Waals surface area contributed by atoms with Crippen molar-refractivity contribution in [2.45, 2.75) is 120 Å². The molecule has 0 saturated heterocycles. The molecule has 2 aromatic rings. The van der Waals surface area contributed by atoms with E-state index in [9.17, 15) is 0 Å². The molecule has 2 aromatic carbocycles. The normalized spacial score (nSPS) is 20.9. The molecule has 0 N–H and O–H groups in total. The zero-order valence-electron chi connectivity index (χ0n) is 21.4. The van der Waals surface area contributed by atoms with E-state index in [0.717, 1.165) is 6.42 Å². The SMILES string of the molecule is C1CCC([PH+](C2CCCCC2)C2CCCCC2)CC1.[CH3-].[Ni+2].[c-]1cccc2c1Cc1ccccc1-2. The monoisotopic (exact) mass is 519 g/mol. The maximum atomic E-state index is 3.30. The summed E-state index contributed by atoms with van der Waals surface area (Å²) in [5.41, 5.74) is 9.19. The van der Waals surface area contributed by atoms with Crippen LogP contribution in [0.3, 0.4) is 0 Å². The van der Waals surface area contributed by atoms with Gasteiger partial charge in [0.25, 0.3) is 0 Å². The summed E-state index contributed by atoms with van der Waals surface area (Å²) in [7, 11) is -0.0465. The molecule has 188 valence electrons. The van der Waals surface area contributed by atoms with Crippen LogP contribution in [0, 0.1) is 13.5 Å². The molecule has 6 rings (SSSR count). The Kier molecular flexibility index (Phi) is 11.7. The first kappa shape index (κ1) is 27.9. The summed E-state index contributed by atoms with van der Waals surface area (Å²) in [6.45, 7) is 0. The van der Waals surface area contributed by atoms with E-state index in [-0.39, 0.29) is 31.8 Å².